The number of hydrogen-bond donors (Lipinski definition) is 2. The van der Waals surface area contributed by atoms with Crippen LogP contribution >= 0.6 is 0 Å². The molecule has 2 N–H and O–H groups in total. The van der Waals surface area contributed by atoms with E-state index in [4.69, 9.17) is 4.74 Å². The van der Waals surface area contributed by atoms with Crippen LogP contribution in [0.5, 0.6) is 5.75 Å². The van der Waals surface area contributed by atoms with E-state index in [1.807, 2.05) is 19.1 Å². The van der Waals surface area contributed by atoms with Gasteiger partial charge in [0.15, 0.2) is 0 Å². The number of hydrogen-bond acceptors (Lipinski definition) is 4. The van der Waals surface area contributed by atoms with Crippen LogP contribution in [0.3, 0.4) is 0 Å². The van der Waals surface area contributed by atoms with Gasteiger partial charge in [0, 0.05) is 16.9 Å². The van der Waals surface area contributed by atoms with Gasteiger partial charge >= 0.3 is 0 Å². The summed E-state index contributed by atoms with van der Waals surface area (Å²) >= 11 is 0. The Hall–Kier alpha value is -3.58. The Morgan fingerprint density at radius 1 is 0.968 bits per heavy atom. The van der Waals surface area contributed by atoms with Gasteiger partial charge in [-0.15, -0.1) is 0 Å². The normalized spacial score (nSPS) is 10.9. The molecule has 6 nitrogen and oxygen atoms in total. The Labute approximate surface area is 182 Å². The van der Waals surface area contributed by atoms with Crippen LogP contribution < -0.4 is 14.8 Å². The fraction of sp³-hybridized carbons (Fsp3) is 0.125. The monoisotopic (exact) mass is 436 g/mol. The first kappa shape index (κ1) is 22.1. The Bertz CT molecular complexity index is 1190. The third-order valence-electron chi connectivity index (χ3n) is 4.52. The number of amides is 1. The van der Waals surface area contributed by atoms with Gasteiger partial charge in [-0.3, -0.25) is 9.52 Å². The topological polar surface area (TPSA) is 84.5 Å². The van der Waals surface area contributed by atoms with E-state index >= 15 is 0 Å². The number of aryl methyl sites for hydroxylation is 2. The average Bonchev–Trinajstić information content (AvgIpc) is 2.75. The van der Waals surface area contributed by atoms with Crippen LogP contribution in [0, 0.1) is 13.8 Å². The van der Waals surface area contributed by atoms with Crippen molar-refractivity contribution in [3.8, 4) is 5.75 Å². The molecule has 0 aliphatic rings. The Morgan fingerprint density at radius 3 is 2.26 bits per heavy atom. The average molecular weight is 437 g/mol. The second-order valence-electron chi connectivity index (χ2n) is 7.03. The molecule has 160 valence electrons. The van der Waals surface area contributed by atoms with E-state index in [2.05, 4.69) is 16.6 Å². The highest BCUT2D eigenvalue weighted by Crippen LogP contribution is 2.22. The largest absolute Gasteiger partial charge is 0.490 e. The van der Waals surface area contributed by atoms with Crippen molar-refractivity contribution in [3.05, 3.63) is 96.1 Å². The minimum Gasteiger partial charge on any atom is -0.490 e. The molecule has 0 aliphatic heterocycles. The van der Waals surface area contributed by atoms with Crippen LogP contribution in [0.4, 0.5) is 11.4 Å². The number of carbonyl (C=O) groups excluding carboxylic acids is 1. The fourth-order valence-corrected chi connectivity index (χ4v) is 4.19. The molecule has 0 heterocycles. The lowest BCUT2D eigenvalue weighted by atomic mass is 10.1. The second kappa shape index (κ2) is 9.49. The molecule has 3 rings (SSSR count). The number of ether oxygens (including phenoxy) is 1. The van der Waals surface area contributed by atoms with Crippen molar-refractivity contribution >= 4 is 27.3 Å². The maximum atomic E-state index is 12.9. The molecule has 0 spiro atoms. The van der Waals surface area contributed by atoms with Gasteiger partial charge in [-0.1, -0.05) is 36.4 Å². The van der Waals surface area contributed by atoms with E-state index < -0.39 is 15.9 Å². The summed E-state index contributed by atoms with van der Waals surface area (Å²) < 4.78 is 33.8. The van der Waals surface area contributed by atoms with E-state index in [1.165, 1.54) is 6.07 Å². The van der Waals surface area contributed by atoms with Gasteiger partial charge in [0.2, 0.25) is 0 Å². The minimum absolute atomic E-state index is 0.0499. The predicted octanol–water partition coefficient (Wildman–Crippen LogP) is 4.92. The van der Waals surface area contributed by atoms with Crippen LogP contribution in [0.2, 0.25) is 0 Å². The van der Waals surface area contributed by atoms with Crippen LogP contribution in [0.1, 0.15) is 21.5 Å². The van der Waals surface area contributed by atoms with E-state index in [0.29, 0.717) is 29.3 Å². The van der Waals surface area contributed by atoms with Crippen molar-refractivity contribution in [2.75, 3.05) is 16.6 Å². The van der Waals surface area contributed by atoms with Gasteiger partial charge in [0.1, 0.15) is 12.4 Å². The molecule has 0 unspecified atom stereocenters. The SMILES string of the molecule is C=CCOc1ccc(NC(=O)c2ccc(C)c(S(=O)(=O)Nc3ccc(C)cc3)c2)cc1. The van der Waals surface area contributed by atoms with Crippen molar-refractivity contribution < 1.29 is 17.9 Å². The summed E-state index contributed by atoms with van der Waals surface area (Å²) in [5, 5.41) is 2.77. The highest BCUT2D eigenvalue weighted by molar-refractivity contribution is 7.92. The number of sulfonamides is 1. The van der Waals surface area contributed by atoms with Gasteiger partial charge in [0.25, 0.3) is 15.9 Å². The van der Waals surface area contributed by atoms with Crippen LogP contribution in [0.25, 0.3) is 0 Å². The van der Waals surface area contributed by atoms with E-state index in [9.17, 15) is 13.2 Å². The minimum atomic E-state index is -3.85. The third kappa shape index (κ3) is 5.73. The molecule has 31 heavy (non-hydrogen) atoms. The predicted molar refractivity (Wildman–Crippen MR) is 123 cm³/mol. The molecule has 0 aliphatic carbocycles. The maximum absolute atomic E-state index is 12.9. The number of rotatable bonds is 8. The van der Waals surface area contributed by atoms with Crippen LogP contribution in [-0.4, -0.2) is 20.9 Å². The summed E-state index contributed by atoms with van der Waals surface area (Å²) in [6, 6.07) is 18.5. The quantitative estimate of drug-likeness (QED) is 0.491. The summed E-state index contributed by atoms with van der Waals surface area (Å²) in [6.07, 6.45) is 1.65. The third-order valence-corrected chi connectivity index (χ3v) is 6.05. The smallest absolute Gasteiger partial charge is 0.262 e. The first-order valence-electron chi connectivity index (χ1n) is 9.64. The molecule has 0 saturated heterocycles. The molecule has 0 radical (unpaired) electrons. The molecule has 0 aromatic heterocycles. The van der Waals surface area contributed by atoms with Gasteiger partial charge in [-0.25, -0.2) is 8.42 Å². The number of nitrogens with one attached hydrogen (secondary N) is 2. The van der Waals surface area contributed by atoms with Gasteiger partial charge < -0.3 is 10.1 Å². The lowest BCUT2D eigenvalue weighted by molar-refractivity contribution is 0.102. The molecular weight excluding hydrogens is 412 g/mol. The molecule has 3 aromatic rings. The molecule has 0 fully saturated rings. The van der Waals surface area contributed by atoms with Gasteiger partial charge in [0.05, 0.1) is 4.90 Å². The van der Waals surface area contributed by atoms with E-state index in [0.717, 1.165) is 5.56 Å². The Balaban J connectivity index is 1.78. The maximum Gasteiger partial charge on any atom is 0.262 e. The van der Waals surface area contributed by atoms with E-state index in [-0.39, 0.29) is 10.5 Å². The lowest BCUT2D eigenvalue weighted by Crippen LogP contribution is -2.17. The highest BCUT2D eigenvalue weighted by atomic mass is 32.2. The number of anilines is 2. The Kier molecular flexibility index (Phi) is 6.77. The standard InChI is InChI=1S/C24H24N2O4S/c1-4-15-30-22-13-11-20(12-14-22)25-24(27)19-8-7-18(3)23(16-19)31(28,29)26-21-9-5-17(2)6-10-21/h4-14,16,26H,1,15H2,2-3H3,(H,25,27). The molecule has 0 saturated carbocycles. The van der Waals surface area contributed by atoms with Crippen LogP contribution in [-0.2, 0) is 10.0 Å². The zero-order chi connectivity index (χ0) is 22.4. The summed E-state index contributed by atoms with van der Waals surface area (Å²) in [5.74, 6) is 0.246. The van der Waals surface area contributed by atoms with Crippen molar-refractivity contribution in [3.63, 3.8) is 0 Å². The molecule has 0 bridgehead atoms. The summed E-state index contributed by atoms with van der Waals surface area (Å²) in [6.45, 7) is 7.60. The molecule has 1 amide bonds. The fourth-order valence-electron chi connectivity index (χ4n) is 2.86. The first-order valence-corrected chi connectivity index (χ1v) is 11.1. The lowest BCUT2D eigenvalue weighted by Gasteiger charge is -2.13. The molecule has 7 heteroatoms. The van der Waals surface area contributed by atoms with Crippen molar-refractivity contribution in [2.24, 2.45) is 0 Å². The summed E-state index contributed by atoms with van der Waals surface area (Å²) in [5.41, 5.74) is 2.83. The second-order valence-corrected chi connectivity index (χ2v) is 8.68. The van der Waals surface area contributed by atoms with Crippen LogP contribution in [0.15, 0.2) is 84.3 Å². The summed E-state index contributed by atoms with van der Waals surface area (Å²) in [7, 11) is -3.85. The van der Waals surface area contributed by atoms with Crippen molar-refractivity contribution in [1.29, 1.82) is 0 Å². The highest BCUT2D eigenvalue weighted by Gasteiger charge is 2.19. The zero-order valence-electron chi connectivity index (χ0n) is 17.4. The van der Waals surface area contributed by atoms with Gasteiger partial charge in [-0.05, 0) is 67.9 Å². The molecular formula is C24H24N2O4S. The molecule has 3 aromatic carbocycles. The first-order chi connectivity index (χ1) is 14.8. The molecule has 0 atom stereocenters. The zero-order valence-corrected chi connectivity index (χ0v) is 18.2. The van der Waals surface area contributed by atoms with Gasteiger partial charge in [-0.2, -0.15) is 0 Å². The van der Waals surface area contributed by atoms with Crippen molar-refractivity contribution in [2.45, 2.75) is 18.7 Å². The van der Waals surface area contributed by atoms with E-state index in [1.54, 1.807) is 61.5 Å². The summed E-state index contributed by atoms with van der Waals surface area (Å²) in [4.78, 5) is 12.7. The van der Waals surface area contributed by atoms with Crippen molar-refractivity contribution in [1.82, 2.24) is 0 Å². The number of carbonyl (C=O) groups is 1. The Morgan fingerprint density at radius 2 is 1.61 bits per heavy atom. The number of benzene rings is 3.